The summed E-state index contributed by atoms with van der Waals surface area (Å²) in [4.78, 5) is 11.0. The van der Waals surface area contributed by atoms with Crippen molar-refractivity contribution >= 4 is 12.2 Å². The average molecular weight is 214 g/mol. The van der Waals surface area contributed by atoms with E-state index in [2.05, 4.69) is 18.4 Å². The van der Waals surface area contributed by atoms with Gasteiger partial charge in [-0.1, -0.05) is 27.7 Å². The van der Waals surface area contributed by atoms with Gasteiger partial charge in [0.25, 0.3) is 0 Å². The van der Waals surface area contributed by atoms with Crippen LogP contribution in [0.25, 0.3) is 0 Å². The lowest BCUT2D eigenvalue weighted by atomic mass is 9.97. The first-order chi connectivity index (χ1) is 7.02. The molecule has 3 heteroatoms. The quantitative estimate of drug-likeness (QED) is 0.521. The Labute approximate surface area is 92.8 Å². The number of rotatable bonds is 7. The van der Waals surface area contributed by atoms with E-state index in [9.17, 15) is 4.79 Å². The highest BCUT2D eigenvalue weighted by molar-refractivity contribution is 5.87. The predicted molar refractivity (Wildman–Crippen MR) is 62.6 cm³/mol. The van der Waals surface area contributed by atoms with Crippen LogP contribution in [0.1, 0.15) is 40.5 Å². The molecule has 0 aromatic carbocycles. The van der Waals surface area contributed by atoms with Crippen LogP contribution in [-0.2, 0) is 4.79 Å². The lowest BCUT2D eigenvalue weighted by Gasteiger charge is -2.10. The van der Waals surface area contributed by atoms with Crippen molar-refractivity contribution in [3.05, 3.63) is 0 Å². The van der Waals surface area contributed by atoms with Gasteiger partial charge in [0, 0.05) is 12.8 Å². The first-order valence-corrected chi connectivity index (χ1v) is 5.84. The average Bonchev–Trinajstić information content (AvgIpc) is 2.13. The summed E-state index contributed by atoms with van der Waals surface area (Å²) in [6, 6.07) is 0. The molecule has 0 spiro atoms. The number of nitrogens with zero attached hydrogens (tertiary/aromatic N) is 1. The summed E-state index contributed by atoms with van der Waals surface area (Å²) in [5, 5.41) is 9.07. The topological polar surface area (TPSA) is 40.3 Å². The van der Waals surface area contributed by atoms with Gasteiger partial charge in [0.1, 0.15) is 19.0 Å². The Kier molecular flexibility index (Phi) is 7.01. The smallest absolute Gasteiger partial charge is 0.316 e. The van der Waals surface area contributed by atoms with E-state index in [0.717, 1.165) is 25.9 Å². The van der Waals surface area contributed by atoms with Crippen LogP contribution in [0.3, 0.4) is 0 Å². The molecule has 0 aromatic heterocycles. The van der Waals surface area contributed by atoms with Crippen molar-refractivity contribution in [2.24, 2.45) is 11.8 Å². The molecule has 0 amide bonds. The summed E-state index contributed by atoms with van der Waals surface area (Å²) in [5.41, 5.74) is 0. The van der Waals surface area contributed by atoms with Gasteiger partial charge in [-0.15, -0.1) is 0 Å². The van der Waals surface area contributed by atoms with Crippen molar-refractivity contribution in [3.63, 3.8) is 0 Å². The van der Waals surface area contributed by atoms with Crippen molar-refractivity contribution in [2.75, 3.05) is 13.1 Å². The van der Waals surface area contributed by atoms with Crippen LogP contribution in [0.4, 0.5) is 0 Å². The molecule has 0 aliphatic carbocycles. The molecular formula is C12H24NO2+. The molecular weight excluding hydrogens is 190 g/mol. The van der Waals surface area contributed by atoms with Crippen LogP contribution >= 0.6 is 0 Å². The molecule has 0 bridgehead atoms. The maximum absolute atomic E-state index is 11.0. The van der Waals surface area contributed by atoms with Gasteiger partial charge < -0.3 is 5.11 Å². The highest BCUT2D eigenvalue weighted by Gasteiger charge is 2.23. The number of carboxylic acid groups (broad SMARTS) is 1. The molecule has 1 atom stereocenters. The summed E-state index contributed by atoms with van der Waals surface area (Å²) in [5.74, 6) is -0.927. The third kappa shape index (κ3) is 5.55. The van der Waals surface area contributed by atoms with E-state index in [1.54, 1.807) is 0 Å². The van der Waals surface area contributed by atoms with Gasteiger partial charge in [-0.3, -0.25) is 4.79 Å². The van der Waals surface area contributed by atoms with Crippen LogP contribution in [0.2, 0.25) is 0 Å². The van der Waals surface area contributed by atoms with E-state index in [1.165, 1.54) is 0 Å². The highest BCUT2D eigenvalue weighted by atomic mass is 16.4. The number of hydrogen-bond donors (Lipinski definition) is 1. The summed E-state index contributed by atoms with van der Waals surface area (Å²) in [6.45, 7) is 10.0. The van der Waals surface area contributed by atoms with Crippen molar-refractivity contribution in [1.29, 1.82) is 0 Å². The molecule has 15 heavy (non-hydrogen) atoms. The van der Waals surface area contributed by atoms with E-state index < -0.39 is 5.97 Å². The minimum atomic E-state index is -0.720. The molecule has 1 N–H and O–H groups in total. The van der Waals surface area contributed by atoms with Crippen molar-refractivity contribution in [1.82, 2.24) is 0 Å². The third-order valence-corrected chi connectivity index (χ3v) is 2.40. The summed E-state index contributed by atoms with van der Waals surface area (Å²) < 4.78 is 2.14. The van der Waals surface area contributed by atoms with Gasteiger partial charge in [-0.05, 0) is 5.92 Å². The van der Waals surface area contributed by atoms with Gasteiger partial charge in [0.15, 0.2) is 6.21 Å². The normalized spacial score (nSPS) is 12.6. The Hall–Kier alpha value is -0.860. The fraction of sp³-hybridized carbons (Fsp3) is 0.833. The van der Waals surface area contributed by atoms with Gasteiger partial charge in [-0.25, -0.2) is 4.58 Å². The standard InChI is InChI=1S/C12H23NO2/c1-5-7-13(8-6-2)9-11(10(3)4)12(14)15/h9-11H,5-8H2,1-4H3/p+1. The summed E-state index contributed by atoms with van der Waals surface area (Å²) >= 11 is 0. The Morgan fingerprint density at radius 1 is 1.27 bits per heavy atom. The molecule has 0 radical (unpaired) electrons. The number of carbonyl (C=O) groups is 1. The molecule has 0 fully saturated rings. The Bertz CT molecular complexity index is 214. The zero-order valence-corrected chi connectivity index (χ0v) is 10.4. The Morgan fingerprint density at radius 3 is 2.00 bits per heavy atom. The molecule has 1 unspecified atom stereocenters. The van der Waals surface area contributed by atoms with Crippen molar-refractivity contribution in [2.45, 2.75) is 40.5 Å². The second-order valence-corrected chi connectivity index (χ2v) is 4.29. The van der Waals surface area contributed by atoms with Crippen molar-refractivity contribution in [3.8, 4) is 0 Å². The summed E-state index contributed by atoms with van der Waals surface area (Å²) in [7, 11) is 0. The first kappa shape index (κ1) is 14.1. The Morgan fingerprint density at radius 2 is 1.73 bits per heavy atom. The van der Waals surface area contributed by atoms with E-state index in [0.29, 0.717) is 0 Å². The second kappa shape index (κ2) is 7.43. The minimum absolute atomic E-state index is 0.152. The lowest BCUT2D eigenvalue weighted by Crippen LogP contribution is -2.28. The van der Waals surface area contributed by atoms with Crippen LogP contribution in [0.5, 0.6) is 0 Å². The monoisotopic (exact) mass is 214 g/mol. The SMILES string of the molecule is CCC[N+](=CC(C(=O)O)C(C)C)CCC. The van der Waals surface area contributed by atoms with Gasteiger partial charge in [0.2, 0.25) is 0 Å². The fourth-order valence-corrected chi connectivity index (χ4v) is 1.58. The van der Waals surface area contributed by atoms with Crippen molar-refractivity contribution < 1.29 is 14.5 Å². The maximum atomic E-state index is 11.0. The molecule has 0 aromatic rings. The zero-order valence-electron chi connectivity index (χ0n) is 10.4. The maximum Gasteiger partial charge on any atom is 0.316 e. The molecule has 0 saturated carbocycles. The van der Waals surface area contributed by atoms with Gasteiger partial charge in [0.05, 0.1) is 0 Å². The summed E-state index contributed by atoms with van der Waals surface area (Å²) in [6.07, 6.45) is 4.00. The number of aliphatic carboxylic acids is 1. The molecule has 0 saturated heterocycles. The first-order valence-electron chi connectivity index (χ1n) is 5.84. The molecule has 0 rings (SSSR count). The largest absolute Gasteiger partial charge is 0.481 e. The van der Waals surface area contributed by atoms with Crippen LogP contribution in [0, 0.1) is 11.8 Å². The number of carboxylic acids is 1. The molecule has 88 valence electrons. The molecule has 0 aliphatic rings. The fourth-order valence-electron chi connectivity index (χ4n) is 1.58. The van der Waals surface area contributed by atoms with Gasteiger partial charge >= 0.3 is 5.97 Å². The predicted octanol–water partition coefficient (Wildman–Crippen LogP) is 2.25. The van der Waals surface area contributed by atoms with E-state index in [1.807, 2.05) is 20.1 Å². The van der Waals surface area contributed by atoms with Crippen LogP contribution in [0.15, 0.2) is 0 Å². The van der Waals surface area contributed by atoms with E-state index in [-0.39, 0.29) is 11.8 Å². The molecule has 0 aliphatic heterocycles. The van der Waals surface area contributed by atoms with Crippen LogP contribution in [-0.4, -0.2) is 35.0 Å². The number of hydrogen-bond acceptors (Lipinski definition) is 1. The second-order valence-electron chi connectivity index (χ2n) is 4.29. The minimum Gasteiger partial charge on any atom is -0.481 e. The van der Waals surface area contributed by atoms with E-state index in [4.69, 9.17) is 5.11 Å². The highest BCUT2D eigenvalue weighted by Crippen LogP contribution is 2.08. The molecule has 0 heterocycles. The third-order valence-electron chi connectivity index (χ3n) is 2.40. The van der Waals surface area contributed by atoms with Gasteiger partial charge in [-0.2, -0.15) is 0 Å². The lowest BCUT2D eigenvalue weighted by molar-refractivity contribution is -0.525. The van der Waals surface area contributed by atoms with Crippen LogP contribution < -0.4 is 0 Å². The molecule has 3 nitrogen and oxygen atoms in total. The Balaban J connectivity index is 4.64. The zero-order chi connectivity index (χ0) is 11.8. The van der Waals surface area contributed by atoms with E-state index >= 15 is 0 Å².